The van der Waals surface area contributed by atoms with Gasteiger partial charge in [-0.2, -0.15) is 0 Å². The zero-order chi connectivity index (χ0) is 5.98. The fraction of sp³-hybridized carbons (Fsp3) is 1.00. The maximum absolute atomic E-state index is 3.61. The van der Waals surface area contributed by atoms with Crippen LogP contribution in [0.25, 0.3) is 0 Å². The van der Waals surface area contributed by atoms with E-state index < -0.39 is 0 Å². The Morgan fingerprint density at radius 2 is 1.25 bits per heavy atom. The van der Waals surface area contributed by atoms with E-state index in [4.69, 9.17) is 0 Å². The Balaban J connectivity index is 2.28. The molecule has 1 aliphatic carbocycles. The minimum absolute atomic E-state index is 0.733. The van der Waals surface area contributed by atoms with E-state index in [1.54, 1.807) is 0 Å². The molecule has 2 atom stereocenters. The van der Waals surface area contributed by atoms with Crippen molar-refractivity contribution in [2.45, 2.75) is 35.3 Å². The van der Waals surface area contributed by atoms with Gasteiger partial charge in [-0.05, 0) is 12.8 Å². The standard InChI is InChI=1S/C6H10Br2/c7-5-3-1-2-4-6(5)8/h5-6H,1-4H2/t5-,6-/m0/s1. The van der Waals surface area contributed by atoms with Crippen molar-refractivity contribution < 1.29 is 0 Å². The minimum atomic E-state index is 0.733. The van der Waals surface area contributed by atoms with E-state index in [0.717, 1.165) is 9.65 Å². The monoisotopic (exact) mass is 240 g/mol. The molecule has 48 valence electrons. The summed E-state index contributed by atoms with van der Waals surface area (Å²) in [5.74, 6) is 0. The smallest absolute Gasteiger partial charge is 0.0271 e. The van der Waals surface area contributed by atoms with Crippen molar-refractivity contribution in [3.8, 4) is 0 Å². The highest BCUT2D eigenvalue weighted by Crippen LogP contribution is 2.29. The third-order valence-corrected chi connectivity index (χ3v) is 4.50. The summed E-state index contributed by atoms with van der Waals surface area (Å²) in [4.78, 5) is 1.47. The van der Waals surface area contributed by atoms with Gasteiger partial charge < -0.3 is 0 Å². The summed E-state index contributed by atoms with van der Waals surface area (Å²) in [5, 5.41) is 0. The molecule has 0 saturated heterocycles. The Morgan fingerprint density at radius 1 is 0.875 bits per heavy atom. The van der Waals surface area contributed by atoms with Gasteiger partial charge in [0.1, 0.15) is 0 Å². The van der Waals surface area contributed by atoms with Crippen molar-refractivity contribution >= 4 is 31.9 Å². The molecule has 0 bridgehead atoms. The first-order valence-electron chi connectivity index (χ1n) is 3.09. The Kier molecular flexibility index (Phi) is 2.84. The van der Waals surface area contributed by atoms with Crippen LogP contribution in [0.2, 0.25) is 0 Å². The van der Waals surface area contributed by atoms with Gasteiger partial charge in [-0.3, -0.25) is 0 Å². The van der Waals surface area contributed by atoms with Crippen LogP contribution in [0.4, 0.5) is 0 Å². The van der Waals surface area contributed by atoms with E-state index in [0.29, 0.717) is 0 Å². The molecule has 1 saturated carbocycles. The molecule has 0 amide bonds. The summed E-state index contributed by atoms with van der Waals surface area (Å²) in [6.07, 6.45) is 5.49. The van der Waals surface area contributed by atoms with Gasteiger partial charge in [0.05, 0.1) is 0 Å². The molecule has 0 aromatic carbocycles. The van der Waals surface area contributed by atoms with Crippen molar-refractivity contribution in [1.82, 2.24) is 0 Å². The van der Waals surface area contributed by atoms with Crippen LogP contribution in [0.15, 0.2) is 0 Å². The molecule has 0 heterocycles. The summed E-state index contributed by atoms with van der Waals surface area (Å²) in [5.41, 5.74) is 0. The predicted molar refractivity (Wildman–Crippen MR) is 43.9 cm³/mol. The molecule has 0 N–H and O–H groups in total. The zero-order valence-corrected chi connectivity index (χ0v) is 7.91. The van der Waals surface area contributed by atoms with E-state index in [9.17, 15) is 0 Å². The van der Waals surface area contributed by atoms with Gasteiger partial charge in [-0.1, -0.05) is 44.7 Å². The summed E-state index contributed by atoms with van der Waals surface area (Å²) >= 11 is 7.21. The van der Waals surface area contributed by atoms with Crippen LogP contribution in [0, 0.1) is 0 Å². The molecule has 0 nitrogen and oxygen atoms in total. The Morgan fingerprint density at radius 3 is 1.50 bits per heavy atom. The fourth-order valence-corrected chi connectivity index (χ4v) is 2.22. The van der Waals surface area contributed by atoms with Crippen LogP contribution >= 0.6 is 31.9 Å². The first-order chi connectivity index (χ1) is 3.80. The SMILES string of the molecule is Br[C@H]1CCCC[C@@H]1Br. The molecule has 0 aliphatic heterocycles. The van der Waals surface area contributed by atoms with Crippen LogP contribution in [0.1, 0.15) is 25.7 Å². The van der Waals surface area contributed by atoms with Crippen molar-refractivity contribution in [1.29, 1.82) is 0 Å². The highest BCUT2D eigenvalue weighted by molar-refractivity contribution is 9.12. The van der Waals surface area contributed by atoms with E-state index in [2.05, 4.69) is 31.9 Å². The van der Waals surface area contributed by atoms with Gasteiger partial charge in [0.2, 0.25) is 0 Å². The molecule has 1 aliphatic rings. The third-order valence-electron chi connectivity index (χ3n) is 1.60. The lowest BCUT2D eigenvalue weighted by atomic mass is 10.0. The highest BCUT2D eigenvalue weighted by atomic mass is 79.9. The number of alkyl halides is 2. The maximum atomic E-state index is 3.61. The molecule has 0 spiro atoms. The van der Waals surface area contributed by atoms with Gasteiger partial charge in [0.25, 0.3) is 0 Å². The predicted octanol–water partition coefficient (Wildman–Crippen LogP) is 3.09. The summed E-state index contributed by atoms with van der Waals surface area (Å²) in [7, 11) is 0. The number of hydrogen-bond donors (Lipinski definition) is 0. The highest BCUT2D eigenvalue weighted by Gasteiger charge is 2.18. The molecule has 1 fully saturated rings. The van der Waals surface area contributed by atoms with Gasteiger partial charge in [0.15, 0.2) is 0 Å². The number of halogens is 2. The van der Waals surface area contributed by atoms with E-state index in [1.165, 1.54) is 25.7 Å². The second kappa shape index (κ2) is 3.21. The average Bonchev–Trinajstić information content (AvgIpc) is 1.77. The van der Waals surface area contributed by atoms with Crippen LogP contribution in [-0.2, 0) is 0 Å². The first-order valence-corrected chi connectivity index (χ1v) is 4.92. The van der Waals surface area contributed by atoms with Crippen molar-refractivity contribution in [3.05, 3.63) is 0 Å². The maximum Gasteiger partial charge on any atom is 0.0271 e. The normalized spacial score (nSPS) is 39.8. The molecular weight excluding hydrogens is 232 g/mol. The van der Waals surface area contributed by atoms with Crippen LogP contribution in [0.5, 0.6) is 0 Å². The summed E-state index contributed by atoms with van der Waals surface area (Å²) in [6, 6.07) is 0. The molecule has 0 aromatic heterocycles. The largest absolute Gasteiger partial charge is 0.0879 e. The third kappa shape index (κ3) is 1.73. The van der Waals surface area contributed by atoms with Crippen LogP contribution in [0.3, 0.4) is 0 Å². The zero-order valence-electron chi connectivity index (χ0n) is 4.74. The Hall–Kier alpha value is 0.960. The minimum Gasteiger partial charge on any atom is -0.0879 e. The molecule has 8 heavy (non-hydrogen) atoms. The second-order valence-electron chi connectivity index (χ2n) is 2.32. The quantitative estimate of drug-likeness (QED) is 0.572. The molecule has 0 aromatic rings. The molecule has 1 rings (SSSR count). The van der Waals surface area contributed by atoms with Gasteiger partial charge >= 0.3 is 0 Å². The van der Waals surface area contributed by atoms with Gasteiger partial charge in [0, 0.05) is 9.65 Å². The summed E-state index contributed by atoms with van der Waals surface area (Å²) in [6.45, 7) is 0. The summed E-state index contributed by atoms with van der Waals surface area (Å²) < 4.78 is 0. The van der Waals surface area contributed by atoms with E-state index in [-0.39, 0.29) is 0 Å². The molecule has 0 unspecified atom stereocenters. The average molecular weight is 242 g/mol. The number of hydrogen-bond acceptors (Lipinski definition) is 0. The lowest BCUT2D eigenvalue weighted by molar-refractivity contribution is 0.538. The van der Waals surface area contributed by atoms with E-state index in [1.807, 2.05) is 0 Å². The fourth-order valence-electron chi connectivity index (χ4n) is 1.04. The van der Waals surface area contributed by atoms with Crippen LogP contribution in [-0.4, -0.2) is 9.65 Å². The lowest BCUT2D eigenvalue weighted by Crippen LogP contribution is -2.17. The first kappa shape index (κ1) is 7.07. The van der Waals surface area contributed by atoms with E-state index >= 15 is 0 Å². The van der Waals surface area contributed by atoms with Crippen molar-refractivity contribution in [3.63, 3.8) is 0 Å². The Labute approximate surface area is 67.3 Å². The molecular formula is C6H10Br2. The molecule has 0 radical (unpaired) electrons. The molecule has 2 heteroatoms. The Bertz CT molecular complexity index is 62.9. The van der Waals surface area contributed by atoms with Gasteiger partial charge in [-0.15, -0.1) is 0 Å². The van der Waals surface area contributed by atoms with Crippen molar-refractivity contribution in [2.75, 3.05) is 0 Å². The number of rotatable bonds is 0. The van der Waals surface area contributed by atoms with Crippen LogP contribution < -0.4 is 0 Å². The lowest BCUT2D eigenvalue weighted by Gasteiger charge is -2.21. The van der Waals surface area contributed by atoms with Crippen molar-refractivity contribution in [2.24, 2.45) is 0 Å². The van der Waals surface area contributed by atoms with Gasteiger partial charge in [-0.25, -0.2) is 0 Å². The topological polar surface area (TPSA) is 0 Å². The second-order valence-corrected chi connectivity index (χ2v) is 4.67.